The Morgan fingerprint density at radius 1 is 1.00 bits per heavy atom. The second-order valence-electron chi connectivity index (χ2n) is 15.7. The molecule has 282 valence electrons. The summed E-state index contributed by atoms with van der Waals surface area (Å²) in [5, 5.41) is 25.0. The molecule has 0 amide bonds. The predicted molar refractivity (Wildman–Crippen MR) is 190 cm³/mol. The number of benzene rings is 1. The number of ether oxygens (including phenoxy) is 4. The molecule has 12 heteroatoms. The van der Waals surface area contributed by atoms with Crippen LogP contribution in [0.5, 0.6) is 0 Å². The van der Waals surface area contributed by atoms with Crippen LogP contribution in [0.15, 0.2) is 41.5 Å². The van der Waals surface area contributed by atoms with Crippen molar-refractivity contribution in [1.82, 2.24) is 0 Å². The number of hydrogen-bond acceptors (Lipinski definition) is 11. The van der Waals surface area contributed by atoms with Gasteiger partial charge in [-0.25, -0.2) is 4.79 Å². The summed E-state index contributed by atoms with van der Waals surface area (Å²) in [5.41, 5.74) is -5.82. The van der Waals surface area contributed by atoms with Crippen molar-refractivity contribution in [3.63, 3.8) is 0 Å². The van der Waals surface area contributed by atoms with E-state index in [1.807, 2.05) is 6.92 Å². The van der Waals surface area contributed by atoms with Crippen LogP contribution in [0.4, 0.5) is 0 Å². The highest BCUT2D eigenvalue weighted by Gasteiger charge is 2.78. The molecule has 51 heavy (non-hydrogen) atoms. The number of carbonyl (C=O) groups excluding carboxylic acids is 4. The fourth-order valence-corrected chi connectivity index (χ4v) is 12.5. The molecule has 1 aromatic carbocycles. The van der Waals surface area contributed by atoms with E-state index in [0.717, 1.165) is 18.1 Å². The van der Waals surface area contributed by atoms with Crippen LogP contribution in [-0.2, 0) is 37.8 Å². The molecule has 1 aromatic rings. The molecule has 2 bridgehead atoms. The molecule has 2 saturated carbocycles. The van der Waals surface area contributed by atoms with Crippen molar-refractivity contribution in [2.24, 2.45) is 16.7 Å². The number of ketones is 1. The number of aliphatic hydroxyl groups is 2. The normalized spacial score (nSPS) is 35.7. The average Bonchev–Trinajstić information content (AvgIpc) is 3.08. The Morgan fingerprint density at radius 3 is 2.16 bits per heavy atom. The Morgan fingerprint density at radius 2 is 1.63 bits per heavy atom. The van der Waals surface area contributed by atoms with E-state index in [-0.39, 0.29) is 37.0 Å². The Balaban J connectivity index is 1.88. The lowest BCUT2D eigenvalue weighted by Crippen LogP contribution is -2.82. The second kappa shape index (κ2) is 14.2. The van der Waals surface area contributed by atoms with Crippen molar-refractivity contribution in [2.45, 2.75) is 148 Å². The van der Waals surface area contributed by atoms with Gasteiger partial charge < -0.3 is 33.6 Å². The molecule has 2 N–H and O–H groups in total. The van der Waals surface area contributed by atoms with Crippen LogP contribution in [-0.4, -0.2) is 90.6 Å². The summed E-state index contributed by atoms with van der Waals surface area (Å²) in [7, 11) is -2.49. The summed E-state index contributed by atoms with van der Waals surface area (Å²) in [6.07, 6.45) is -5.44. The zero-order chi connectivity index (χ0) is 37.7. The predicted octanol–water partition coefficient (Wildman–Crippen LogP) is 5.46. The lowest BCUT2D eigenvalue weighted by atomic mass is 9.44. The standard InChI is InChI=1S/C39H56O11Si/c1-10-17-29(42)49-38-22-46-28(38)20-27(50-51(11-2,12-3)13-4)37(9)32(38)34(48-35(44)25-18-15-14-16-19-25)39(45)21-26(41)23(5)30(36(39,7)8)31(33(37)43)47-24(6)40/h14-16,18-19,26-28,31-32,34,41,45H,10-13,17,20-22H2,1-9H3/t26-,27-,28+,31+,32?,34-,37+,38-,39+/m0/s1. The number of fused-ring (bicyclic) bond motifs is 5. The van der Waals surface area contributed by atoms with Crippen molar-refractivity contribution in [1.29, 1.82) is 0 Å². The van der Waals surface area contributed by atoms with E-state index in [1.165, 1.54) is 6.92 Å². The van der Waals surface area contributed by atoms with Crippen molar-refractivity contribution < 1.29 is 52.8 Å². The molecule has 3 fully saturated rings. The molecular weight excluding hydrogens is 673 g/mol. The van der Waals surface area contributed by atoms with Crippen molar-refractivity contribution in [3.8, 4) is 0 Å². The number of hydrogen-bond donors (Lipinski definition) is 2. The second-order valence-corrected chi connectivity index (χ2v) is 20.5. The maximum absolute atomic E-state index is 15.8. The van der Waals surface area contributed by atoms with Gasteiger partial charge in [0.2, 0.25) is 0 Å². The molecule has 11 nitrogen and oxygen atoms in total. The van der Waals surface area contributed by atoms with Crippen LogP contribution < -0.4 is 0 Å². The van der Waals surface area contributed by atoms with Crippen LogP contribution >= 0.6 is 0 Å². The van der Waals surface area contributed by atoms with E-state index < -0.39 is 90.5 Å². The third kappa shape index (κ3) is 6.12. The molecule has 4 aliphatic rings. The number of esters is 3. The smallest absolute Gasteiger partial charge is 0.338 e. The van der Waals surface area contributed by atoms with Crippen molar-refractivity contribution in [2.75, 3.05) is 6.61 Å². The molecule has 0 aromatic heterocycles. The van der Waals surface area contributed by atoms with Crippen LogP contribution in [0.25, 0.3) is 0 Å². The van der Waals surface area contributed by atoms with E-state index in [9.17, 15) is 24.6 Å². The summed E-state index contributed by atoms with van der Waals surface area (Å²) in [6, 6.07) is 10.6. The quantitative estimate of drug-likeness (QED) is 0.129. The molecule has 9 atom stereocenters. The Hall–Kier alpha value is -2.90. The Bertz CT molecular complexity index is 1540. The van der Waals surface area contributed by atoms with Gasteiger partial charge in [-0.05, 0) is 61.7 Å². The average molecular weight is 729 g/mol. The van der Waals surface area contributed by atoms with Crippen LogP contribution in [0, 0.1) is 16.7 Å². The van der Waals surface area contributed by atoms with Gasteiger partial charge in [-0.15, -0.1) is 0 Å². The summed E-state index contributed by atoms with van der Waals surface area (Å²) >= 11 is 0. The topological polar surface area (TPSA) is 155 Å². The number of aliphatic hydroxyl groups excluding tert-OH is 1. The minimum atomic E-state index is -2.49. The third-order valence-corrected chi connectivity index (χ3v) is 17.6. The Kier molecular flexibility index (Phi) is 10.9. The largest absolute Gasteiger partial charge is 0.455 e. The minimum absolute atomic E-state index is 0.0917. The van der Waals surface area contributed by atoms with E-state index in [1.54, 1.807) is 58.0 Å². The molecule has 0 radical (unpaired) electrons. The summed E-state index contributed by atoms with van der Waals surface area (Å²) in [5.74, 6) is -3.77. The fourth-order valence-electron chi connectivity index (χ4n) is 9.56. The zero-order valence-corrected chi connectivity index (χ0v) is 32.6. The van der Waals surface area contributed by atoms with Crippen LogP contribution in [0.3, 0.4) is 0 Å². The van der Waals surface area contributed by atoms with Crippen molar-refractivity contribution in [3.05, 3.63) is 47.0 Å². The SMILES string of the molecule is CCCC(=O)O[C@@]12CO[C@@H]1C[C@H](O[Si](CC)(CC)CC)[C@@]1(C)C(=O)[C@H](OC(C)=O)C3=C(C)[C@@H](O)C[C@@](O)([C@@H](OC(=O)c4ccccc4)C12)C3(C)C. The highest BCUT2D eigenvalue weighted by atomic mass is 28.4. The van der Waals surface area contributed by atoms with Gasteiger partial charge >= 0.3 is 17.9 Å². The van der Waals surface area contributed by atoms with Crippen molar-refractivity contribution >= 4 is 32.0 Å². The van der Waals surface area contributed by atoms with Gasteiger partial charge in [0.1, 0.15) is 17.8 Å². The van der Waals surface area contributed by atoms with Gasteiger partial charge in [-0.1, -0.05) is 59.7 Å². The number of rotatable bonds is 11. The molecule has 5 rings (SSSR count). The summed E-state index contributed by atoms with van der Waals surface area (Å²) in [6.45, 7) is 16.0. The van der Waals surface area contributed by atoms with Gasteiger partial charge in [-0.2, -0.15) is 0 Å². The third-order valence-electron chi connectivity index (χ3n) is 12.9. The summed E-state index contributed by atoms with van der Waals surface area (Å²) < 4.78 is 32.4. The first-order chi connectivity index (χ1) is 23.9. The van der Waals surface area contributed by atoms with E-state index >= 15 is 4.79 Å². The lowest BCUT2D eigenvalue weighted by molar-refractivity contribution is -0.345. The Labute approximate surface area is 302 Å². The summed E-state index contributed by atoms with van der Waals surface area (Å²) in [4.78, 5) is 56.4. The van der Waals surface area contributed by atoms with Crippen LogP contribution in [0.1, 0.15) is 98.4 Å². The van der Waals surface area contributed by atoms with E-state index in [2.05, 4.69) is 20.8 Å². The highest BCUT2D eigenvalue weighted by molar-refractivity contribution is 6.73. The van der Waals surface area contributed by atoms with Gasteiger partial charge in [0, 0.05) is 31.6 Å². The zero-order valence-electron chi connectivity index (χ0n) is 31.6. The van der Waals surface area contributed by atoms with E-state index in [4.69, 9.17) is 23.4 Å². The monoisotopic (exact) mass is 728 g/mol. The first-order valence-electron chi connectivity index (χ1n) is 18.5. The lowest BCUT2D eigenvalue weighted by Gasteiger charge is -2.68. The first-order valence-corrected chi connectivity index (χ1v) is 21.1. The molecule has 1 heterocycles. The van der Waals surface area contributed by atoms with Gasteiger partial charge in [0.15, 0.2) is 25.8 Å². The fraction of sp³-hybridized carbons (Fsp3) is 0.692. The van der Waals surface area contributed by atoms with Gasteiger partial charge in [-0.3, -0.25) is 14.4 Å². The first kappa shape index (κ1) is 39.3. The maximum Gasteiger partial charge on any atom is 0.338 e. The van der Waals surface area contributed by atoms with Gasteiger partial charge in [0.05, 0.1) is 35.7 Å². The van der Waals surface area contributed by atoms with Gasteiger partial charge in [0.25, 0.3) is 0 Å². The minimum Gasteiger partial charge on any atom is -0.455 e. The number of carbonyl (C=O) groups is 4. The van der Waals surface area contributed by atoms with Crippen LogP contribution in [0.2, 0.25) is 18.1 Å². The molecule has 1 saturated heterocycles. The van der Waals surface area contributed by atoms with E-state index in [0.29, 0.717) is 12.0 Å². The maximum atomic E-state index is 15.8. The number of Topliss-reactive ketones (excluding diaryl/α,β-unsaturated/α-hetero) is 1. The molecule has 3 aliphatic carbocycles. The molecular formula is C39H56O11Si. The molecule has 1 unspecified atom stereocenters. The highest BCUT2D eigenvalue weighted by Crippen LogP contribution is 2.65. The molecule has 0 spiro atoms. The molecule has 1 aliphatic heterocycles.